The molecule has 2 aromatic rings. The Bertz CT molecular complexity index is 802. The quantitative estimate of drug-likeness (QED) is 0.879. The molecule has 142 valence electrons. The molecule has 1 saturated carbocycles. The Kier molecular flexibility index (Phi) is 5.14. The Hall–Kier alpha value is -2.76. The molecule has 0 spiro atoms. The lowest BCUT2D eigenvalue weighted by molar-refractivity contribution is 0.194. The van der Waals surface area contributed by atoms with Crippen LogP contribution in [0.15, 0.2) is 48.5 Å². The summed E-state index contributed by atoms with van der Waals surface area (Å²) in [5.41, 5.74) is 1.88. The number of benzene rings is 2. The first-order valence-corrected chi connectivity index (χ1v) is 9.45. The Morgan fingerprint density at radius 3 is 2.59 bits per heavy atom. The van der Waals surface area contributed by atoms with Gasteiger partial charge in [0.05, 0.1) is 0 Å². The first-order chi connectivity index (χ1) is 13.2. The Morgan fingerprint density at radius 1 is 1.07 bits per heavy atom. The average molecular weight is 369 g/mol. The van der Waals surface area contributed by atoms with E-state index in [0.717, 1.165) is 42.9 Å². The van der Waals surface area contributed by atoms with Crippen LogP contribution in [0.2, 0.25) is 0 Å². The first kappa shape index (κ1) is 17.6. The van der Waals surface area contributed by atoms with Crippen LogP contribution in [0.3, 0.4) is 0 Å². The highest BCUT2D eigenvalue weighted by Crippen LogP contribution is 2.24. The number of hydrogen-bond acceptors (Lipinski definition) is 3. The minimum atomic E-state index is -0.256. The lowest BCUT2D eigenvalue weighted by Gasteiger charge is -2.36. The molecule has 2 aromatic carbocycles. The van der Waals surface area contributed by atoms with Crippen molar-refractivity contribution in [1.29, 1.82) is 0 Å². The minimum Gasteiger partial charge on any atom is -0.489 e. The average Bonchev–Trinajstić information content (AvgIpc) is 3.51. The summed E-state index contributed by atoms with van der Waals surface area (Å²) in [5, 5.41) is 3.05. The molecular weight excluding hydrogens is 345 g/mol. The van der Waals surface area contributed by atoms with Crippen molar-refractivity contribution in [3.8, 4) is 5.75 Å². The molecule has 4 rings (SSSR count). The molecule has 1 saturated heterocycles. The minimum absolute atomic E-state index is 0.0596. The van der Waals surface area contributed by atoms with E-state index in [4.69, 9.17) is 4.74 Å². The van der Waals surface area contributed by atoms with Crippen molar-refractivity contribution in [3.63, 3.8) is 0 Å². The molecule has 2 aliphatic rings. The summed E-state index contributed by atoms with van der Waals surface area (Å²) in [4.78, 5) is 16.3. The van der Waals surface area contributed by atoms with E-state index in [-0.39, 0.29) is 11.8 Å². The molecule has 1 N–H and O–H groups in total. The van der Waals surface area contributed by atoms with Gasteiger partial charge in [-0.15, -0.1) is 0 Å². The number of carbonyl (C=O) groups excluding carboxylic acids is 1. The third-order valence-electron chi connectivity index (χ3n) is 4.95. The van der Waals surface area contributed by atoms with Gasteiger partial charge in [-0.25, -0.2) is 9.18 Å². The number of halogens is 1. The molecule has 2 amide bonds. The van der Waals surface area contributed by atoms with Gasteiger partial charge < -0.3 is 19.9 Å². The normalized spacial score (nSPS) is 16.9. The second-order valence-corrected chi connectivity index (χ2v) is 7.11. The molecule has 5 nitrogen and oxygen atoms in total. The van der Waals surface area contributed by atoms with Gasteiger partial charge in [0.1, 0.15) is 18.2 Å². The molecule has 27 heavy (non-hydrogen) atoms. The van der Waals surface area contributed by atoms with E-state index in [9.17, 15) is 9.18 Å². The van der Waals surface area contributed by atoms with Crippen molar-refractivity contribution in [3.05, 3.63) is 59.9 Å². The van der Waals surface area contributed by atoms with E-state index in [1.54, 1.807) is 6.07 Å². The van der Waals surface area contributed by atoms with Gasteiger partial charge in [0, 0.05) is 44.0 Å². The zero-order chi connectivity index (χ0) is 18.6. The maximum Gasteiger partial charge on any atom is 0.317 e. The van der Waals surface area contributed by atoms with Gasteiger partial charge >= 0.3 is 6.03 Å². The van der Waals surface area contributed by atoms with Gasteiger partial charge in [0.2, 0.25) is 0 Å². The summed E-state index contributed by atoms with van der Waals surface area (Å²) in [6.07, 6.45) is 2.21. The fourth-order valence-corrected chi connectivity index (χ4v) is 3.22. The summed E-state index contributed by atoms with van der Waals surface area (Å²) in [6, 6.07) is 14.8. The number of amides is 2. The summed E-state index contributed by atoms with van der Waals surface area (Å²) in [5.74, 6) is 0.499. The van der Waals surface area contributed by atoms with Crippen molar-refractivity contribution >= 4 is 11.7 Å². The van der Waals surface area contributed by atoms with Crippen LogP contribution >= 0.6 is 0 Å². The number of piperazine rings is 1. The highest BCUT2D eigenvalue weighted by Gasteiger charge is 2.27. The second kappa shape index (κ2) is 7.86. The SMILES string of the molecule is O=C(NC1CC1)N1CCN(c2cccc(OCc3cccc(F)c3)c2)CC1. The van der Waals surface area contributed by atoms with Crippen molar-refractivity contribution in [2.45, 2.75) is 25.5 Å². The molecule has 0 aromatic heterocycles. The molecular formula is C21H24FN3O2. The number of ether oxygens (including phenoxy) is 1. The molecule has 0 bridgehead atoms. The second-order valence-electron chi connectivity index (χ2n) is 7.11. The maximum atomic E-state index is 13.3. The molecule has 2 fully saturated rings. The van der Waals surface area contributed by atoms with Crippen LogP contribution in [0.4, 0.5) is 14.9 Å². The highest BCUT2D eigenvalue weighted by molar-refractivity contribution is 5.75. The summed E-state index contributed by atoms with van der Waals surface area (Å²) >= 11 is 0. The number of anilines is 1. The van der Waals surface area contributed by atoms with E-state index in [1.165, 1.54) is 12.1 Å². The van der Waals surface area contributed by atoms with E-state index >= 15 is 0 Å². The van der Waals surface area contributed by atoms with Crippen LogP contribution in [0.25, 0.3) is 0 Å². The molecule has 0 unspecified atom stereocenters. The Balaban J connectivity index is 1.31. The predicted molar refractivity (Wildman–Crippen MR) is 103 cm³/mol. The maximum absolute atomic E-state index is 13.3. The number of hydrogen-bond donors (Lipinski definition) is 1. The zero-order valence-corrected chi connectivity index (χ0v) is 15.2. The van der Waals surface area contributed by atoms with Crippen LogP contribution in [-0.4, -0.2) is 43.2 Å². The van der Waals surface area contributed by atoms with E-state index < -0.39 is 0 Å². The zero-order valence-electron chi connectivity index (χ0n) is 15.2. The monoisotopic (exact) mass is 369 g/mol. The van der Waals surface area contributed by atoms with E-state index in [1.807, 2.05) is 29.2 Å². The standard InChI is InChI=1S/C21H24FN3O2/c22-17-4-1-3-16(13-17)15-27-20-6-2-5-19(14-20)24-9-11-25(12-10-24)21(26)23-18-7-8-18/h1-6,13-14,18H,7-12,15H2,(H,23,26). The third kappa shape index (κ3) is 4.70. The molecule has 1 aliphatic heterocycles. The van der Waals surface area contributed by atoms with Crippen LogP contribution < -0.4 is 15.0 Å². The molecule has 0 atom stereocenters. The van der Waals surface area contributed by atoms with Crippen molar-refractivity contribution in [1.82, 2.24) is 10.2 Å². The predicted octanol–water partition coefficient (Wildman–Crippen LogP) is 3.40. The Morgan fingerprint density at radius 2 is 1.85 bits per heavy atom. The fraction of sp³-hybridized carbons (Fsp3) is 0.381. The number of nitrogens with one attached hydrogen (secondary N) is 1. The molecule has 6 heteroatoms. The lowest BCUT2D eigenvalue weighted by atomic mass is 10.2. The number of urea groups is 1. The van der Waals surface area contributed by atoms with Crippen molar-refractivity contribution in [2.24, 2.45) is 0 Å². The van der Waals surface area contributed by atoms with Gasteiger partial charge in [-0.05, 0) is 42.7 Å². The highest BCUT2D eigenvalue weighted by atomic mass is 19.1. The fourth-order valence-electron chi connectivity index (χ4n) is 3.22. The first-order valence-electron chi connectivity index (χ1n) is 9.45. The topological polar surface area (TPSA) is 44.8 Å². The van der Waals surface area contributed by atoms with E-state index in [0.29, 0.717) is 25.7 Å². The number of carbonyl (C=O) groups is 1. The summed E-state index contributed by atoms with van der Waals surface area (Å²) in [7, 11) is 0. The van der Waals surface area contributed by atoms with Gasteiger partial charge in [0.25, 0.3) is 0 Å². The lowest BCUT2D eigenvalue weighted by Crippen LogP contribution is -2.52. The van der Waals surface area contributed by atoms with Gasteiger partial charge in [-0.1, -0.05) is 18.2 Å². The molecule has 1 aliphatic carbocycles. The van der Waals surface area contributed by atoms with Crippen LogP contribution in [0.1, 0.15) is 18.4 Å². The van der Waals surface area contributed by atoms with Crippen LogP contribution in [0.5, 0.6) is 5.75 Å². The van der Waals surface area contributed by atoms with Gasteiger partial charge in [-0.2, -0.15) is 0 Å². The van der Waals surface area contributed by atoms with Crippen LogP contribution in [-0.2, 0) is 6.61 Å². The number of nitrogens with zero attached hydrogens (tertiary/aromatic N) is 2. The Labute approximate surface area is 158 Å². The smallest absolute Gasteiger partial charge is 0.317 e. The largest absolute Gasteiger partial charge is 0.489 e. The van der Waals surface area contributed by atoms with Gasteiger partial charge in [0.15, 0.2) is 0 Å². The molecule has 1 heterocycles. The third-order valence-corrected chi connectivity index (χ3v) is 4.95. The van der Waals surface area contributed by atoms with Crippen molar-refractivity contribution < 1.29 is 13.9 Å². The van der Waals surface area contributed by atoms with Crippen molar-refractivity contribution in [2.75, 3.05) is 31.1 Å². The van der Waals surface area contributed by atoms with Crippen LogP contribution in [0, 0.1) is 5.82 Å². The van der Waals surface area contributed by atoms with Gasteiger partial charge in [-0.3, -0.25) is 0 Å². The summed E-state index contributed by atoms with van der Waals surface area (Å²) in [6.45, 7) is 3.35. The molecule has 0 radical (unpaired) electrons. The summed E-state index contributed by atoms with van der Waals surface area (Å²) < 4.78 is 19.1. The van der Waals surface area contributed by atoms with E-state index in [2.05, 4.69) is 16.3 Å². The number of rotatable bonds is 5.